The number of hydrogen-bond acceptors (Lipinski definition) is 4. The molecule has 0 radical (unpaired) electrons. The fraction of sp³-hybridized carbons (Fsp3) is 0.444. The van der Waals surface area contributed by atoms with E-state index < -0.39 is 24.1 Å². The Balaban J connectivity index is 1.41. The van der Waals surface area contributed by atoms with E-state index in [0.29, 0.717) is 6.42 Å². The van der Waals surface area contributed by atoms with Gasteiger partial charge in [0.1, 0.15) is 12.6 Å². The van der Waals surface area contributed by atoms with Gasteiger partial charge in [0, 0.05) is 12.0 Å². The molecular weight excluding hydrogens is 432 g/mol. The predicted molar refractivity (Wildman–Crippen MR) is 128 cm³/mol. The van der Waals surface area contributed by atoms with Gasteiger partial charge in [0.25, 0.3) is 0 Å². The monoisotopic (exact) mass is 464 g/mol. The van der Waals surface area contributed by atoms with Crippen molar-refractivity contribution in [1.82, 2.24) is 10.6 Å². The molecule has 2 unspecified atom stereocenters. The summed E-state index contributed by atoms with van der Waals surface area (Å²) in [5.41, 5.74) is 4.53. The fourth-order valence-corrected chi connectivity index (χ4v) is 4.76. The lowest BCUT2D eigenvalue weighted by molar-refractivity contribution is -0.138. The summed E-state index contributed by atoms with van der Waals surface area (Å²) in [4.78, 5) is 37.0. The van der Waals surface area contributed by atoms with Gasteiger partial charge in [-0.25, -0.2) is 4.79 Å². The zero-order valence-electron chi connectivity index (χ0n) is 19.6. The van der Waals surface area contributed by atoms with Gasteiger partial charge in [0.2, 0.25) is 5.91 Å². The molecule has 0 aliphatic heterocycles. The van der Waals surface area contributed by atoms with Crippen molar-refractivity contribution in [3.8, 4) is 11.1 Å². The molecular formula is C27H32N2O5. The summed E-state index contributed by atoms with van der Waals surface area (Å²) >= 11 is 0. The Morgan fingerprint density at radius 3 is 2.12 bits per heavy atom. The molecule has 3 N–H and O–H groups in total. The Morgan fingerprint density at radius 1 is 1.00 bits per heavy atom. The van der Waals surface area contributed by atoms with Crippen LogP contribution in [0.3, 0.4) is 0 Å². The Labute approximate surface area is 199 Å². The summed E-state index contributed by atoms with van der Waals surface area (Å²) in [5.74, 6) is -1.32. The summed E-state index contributed by atoms with van der Waals surface area (Å²) in [6, 6.07) is 15.0. The number of nitrogens with one attached hydrogen (secondary N) is 2. The third-order valence-corrected chi connectivity index (χ3v) is 7.03. The van der Waals surface area contributed by atoms with Gasteiger partial charge < -0.3 is 20.5 Å². The van der Waals surface area contributed by atoms with Crippen molar-refractivity contribution >= 4 is 18.0 Å². The summed E-state index contributed by atoms with van der Waals surface area (Å²) in [7, 11) is 0. The van der Waals surface area contributed by atoms with Crippen LogP contribution < -0.4 is 10.6 Å². The second kappa shape index (κ2) is 10.3. The number of carboxylic acids is 1. The molecule has 0 spiro atoms. The maximum Gasteiger partial charge on any atom is 0.407 e. The summed E-state index contributed by atoms with van der Waals surface area (Å²) in [5, 5.41) is 14.8. The number of fused-ring (bicyclic) bond motifs is 3. The highest BCUT2D eigenvalue weighted by atomic mass is 16.5. The van der Waals surface area contributed by atoms with Gasteiger partial charge in [-0.2, -0.15) is 0 Å². The SMILES string of the molecule is CCC(C)[C@H](NC(=O)OCC1c2ccccc2-c2ccccc21)C(=O)NC(CC(=O)O)C1CC1. The van der Waals surface area contributed by atoms with E-state index >= 15 is 0 Å². The van der Waals surface area contributed by atoms with Gasteiger partial charge in [0.15, 0.2) is 0 Å². The van der Waals surface area contributed by atoms with Gasteiger partial charge >= 0.3 is 12.1 Å². The Morgan fingerprint density at radius 2 is 1.59 bits per heavy atom. The lowest BCUT2D eigenvalue weighted by Gasteiger charge is -2.26. The topological polar surface area (TPSA) is 105 Å². The molecule has 7 nitrogen and oxygen atoms in total. The first-order valence-electron chi connectivity index (χ1n) is 12.0. The second-order valence-electron chi connectivity index (χ2n) is 9.38. The third kappa shape index (κ3) is 5.24. The molecule has 2 amide bonds. The van der Waals surface area contributed by atoms with Crippen molar-refractivity contribution in [3.05, 3.63) is 59.7 Å². The Bertz CT molecular complexity index is 1020. The average molecular weight is 465 g/mol. The van der Waals surface area contributed by atoms with Crippen LogP contribution in [-0.4, -0.2) is 41.8 Å². The van der Waals surface area contributed by atoms with E-state index in [9.17, 15) is 19.5 Å². The molecule has 1 fully saturated rings. The standard InChI is InChI=1S/C27H32N2O5/c1-3-16(2)25(26(32)28-23(14-24(30)31)17-12-13-17)29-27(33)34-15-22-20-10-6-4-8-18(20)19-9-5-7-11-21(19)22/h4-11,16-17,22-23,25H,3,12-15H2,1-2H3,(H,28,32)(H,29,33)(H,30,31)/t16?,23?,25-/m0/s1. The number of alkyl carbamates (subject to hydrolysis) is 1. The van der Waals surface area contributed by atoms with Gasteiger partial charge in [-0.05, 0) is 46.9 Å². The molecule has 2 aliphatic carbocycles. The first-order valence-corrected chi connectivity index (χ1v) is 12.0. The number of carbonyl (C=O) groups is 3. The third-order valence-electron chi connectivity index (χ3n) is 7.03. The number of carboxylic acid groups (broad SMARTS) is 1. The lowest BCUT2D eigenvalue weighted by Crippen LogP contribution is -2.53. The first-order chi connectivity index (χ1) is 16.4. The zero-order valence-corrected chi connectivity index (χ0v) is 19.6. The van der Waals surface area contributed by atoms with Gasteiger partial charge in [-0.3, -0.25) is 9.59 Å². The molecule has 0 heterocycles. The van der Waals surface area contributed by atoms with Crippen LogP contribution in [0.4, 0.5) is 4.79 Å². The second-order valence-corrected chi connectivity index (χ2v) is 9.38. The molecule has 3 atom stereocenters. The van der Waals surface area contributed by atoms with Crippen molar-refractivity contribution in [2.24, 2.45) is 11.8 Å². The molecule has 0 saturated heterocycles. The molecule has 180 valence electrons. The van der Waals surface area contributed by atoms with Gasteiger partial charge in [0.05, 0.1) is 6.42 Å². The number of ether oxygens (including phenoxy) is 1. The van der Waals surface area contributed by atoms with E-state index in [-0.39, 0.29) is 36.7 Å². The summed E-state index contributed by atoms with van der Waals surface area (Å²) in [6.07, 6.45) is 1.73. The van der Waals surface area contributed by atoms with Crippen molar-refractivity contribution in [2.75, 3.05) is 6.61 Å². The smallest absolute Gasteiger partial charge is 0.407 e. The number of benzene rings is 2. The molecule has 0 aromatic heterocycles. The number of amides is 2. The van der Waals surface area contributed by atoms with E-state index in [2.05, 4.69) is 34.9 Å². The van der Waals surface area contributed by atoms with Crippen LogP contribution in [0.15, 0.2) is 48.5 Å². The molecule has 2 aromatic rings. The highest BCUT2D eigenvalue weighted by Crippen LogP contribution is 2.44. The summed E-state index contributed by atoms with van der Waals surface area (Å²) < 4.78 is 5.62. The van der Waals surface area contributed by atoms with Gasteiger partial charge in [-0.1, -0.05) is 68.8 Å². The van der Waals surface area contributed by atoms with E-state index in [1.807, 2.05) is 38.1 Å². The van der Waals surface area contributed by atoms with Crippen molar-refractivity contribution in [1.29, 1.82) is 0 Å². The highest BCUT2D eigenvalue weighted by molar-refractivity contribution is 5.86. The van der Waals surface area contributed by atoms with E-state index in [0.717, 1.165) is 35.1 Å². The van der Waals surface area contributed by atoms with Crippen LogP contribution in [0.1, 0.15) is 56.6 Å². The van der Waals surface area contributed by atoms with E-state index in [1.54, 1.807) is 0 Å². The van der Waals surface area contributed by atoms with Crippen LogP contribution in [0.25, 0.3) is 11.1 Å². The van der Waals surface area contributed by atoms with Crippen LogP contribution >= 0.6 is 0 Å². The number of carbonyl (C=O) groups excluding carboxylic acids is 2. The van der Waals surface area contributed by atoms with Crippen molar-refractivity contribution < 1.29 is 24.2 Å². The van der Waals surface area contributed by atoms with Crippen molar-refractivity contribution in [2.45, 2.75) is 57.5 Å². The van der Waals surface area contributed by atoms with Crippen molar-refractivity contribution in [3.63, 3.8) is 0 Å². The first kappa shape index (κ1) is 23.8. The van der Waals surface area contributed by atoms with Gasteiger partial charge in [-0.15, -0.1) is 0 Å². The van der Waals surface area contributed by atoms with Crippen LogP contribution in [0.5, 0.6) is 0 Å². The van der Waals surface area contributed by atoms with Crippen LogP contribution in [-0.2, 0) is 14.3 Å². The summed E-state index contributed by atoms with van der Waals surface area (Å²) in [6.45, 7) is 4.00. The minimum atomic E-state index is -0.943. The predicted octanol–water partition coefficient (Wildman–Crippen LogP) is 4.31. The highest BCUT2D eigenvalue weighted by Gasteiger charge is 2.36. The maximum atomic E-state index is 13.0. The molecule has 2 aliphatic rings. The number of hydrogen-bond donors (Lipinski definition) is 3. The normalized spacial score (nSPS) is 17.1. The zero-order chi connectivity index (χ0) is 24.2. The average Bonchev–Trinajstić information content (AvgIpc) is 3.63. The Hall–Kier alpha value is -3.35. The minimum absolute atomic E-state index is 0.0659. The number of aliphatic carboxylic acids is 1. The molecule has 2 aromatic carbocycles. The lowest BCUT2D eigenvalue weighted by atomic mass is 9.97. The van der Waals surface area contributed by atoms with Crippen LogP contribution in [0, 0.1) is 11.8 Å². The molecule has 34 heavy (non-hydrogen) atoms. The molecule has 4 rings (SSSR count). The number of rotatable bonds is 10. The Kier molecular flexibility index (Phi) is 7.20. The molecule has 7 heteroatoms. The van der Waals surface area contributed by atoms with Crippen LogP contribution in [0.2, 0.25) is 0 Å². The largest absolute Gasteiger partial charge is 0.481 e. The molecule has 0 bridgehead atoms. The van der Waals surface area contributed by atoms with E-state index in [4.69, 9.17) is 4.74 Å². The quantitative estimate of drug-likeness (QED) is 0.486. The molecule has 1 saturated carbocycles. The maximum absolute atomic E-state index is 13.0. The van der Waals surface area contributed by atoms with E-state index in [1.165, 1.54) is 0 Å². The minimum Gasteiger partial charge on any atom is -0.481 e. The fourth-order valence-electron chi connectivity index (χ4n) is 4.76.